The molecule has 0 amide bonds. The Hall–Kier alpha value is -8.99. The average molecular weight is 955 g/mol. The van der Waals surface area contributed by atoms with E-state index < -0.39 is 0 Å². The molecule has 0 atom stereocenters. The number of hydrogen-bond acceptors (Lipinski definition) is 4. The summed E-state index contributed by atoms with van der Waals surface area (Å²) < 4.78 is 0. The molecule has 0 bridgehead atoms. The monoisotopic (exact) mass is 954 g/mol. The summed E-state index contributed by atoms with van der Waals surface area (Å²) in [6.07, 6.45) is 0. The maximum Gasteiger partial charge on any atom is 0.238 e. The van der Waals surface area contributed by atoms with Crippen LogP contribution in [0.25, 0.3) is 67.3 Å². The van der Waals surface area contributed by atoms with E-state index in [9.17, 15) is 0 Å². The number of benzene rings is 10. The molecular weight excluding hydrogens is 897 g/mol. The zero-order valence-electron chi connectivity index (χ0n) is 42.9. The second-order valence-electron chi connectivity index (χ2n) is 19.6. The van der Waals surface area contributed by atoms with Crippen LogP contribution in [0.3, 0.4) is 0 Å². The first-order chi connectivity index (χ1) is 36.1. The predicted octanol–water partition coefficient (Wildman–Crippen LogP) is 18.4. The molecule has 0 fully saturated rings. The minimum atomic E-state index is 0.0147. The van der Waals surface area contributed by atoms with Gasteiger partial charge in [-0.1, -0.05) is 217 Å². The van der Waals surface area contributed by atoms with Crippen molar-refractivity contribution >= 4 is 17.3 Å². The SMILES string of the molecule is Cc1cc(C)c(C(c2ccc(N(c3cc(-c4ccccc4)cc(-c4ccccc4)c3)c3nc(-c4ccccc4)nc(-c4ccc(-c5ccccc5-c5ccccc5)cc4)n3)cc2)c2c(C)cc(C)cc2C)c(C)c1. The second kappa shape index (κ2) is 20.6. The topological polar surface area (TPSA) is 41.9 Å². The van der Waals surface area contributed by atoms with E-state index in [1.165, 1.54) is 61.2 Å². The van der Waals surface area contributed by atoms with Crippen LogP contribution in [0, 0.1) is 41.5 Å². The van der Waals surface area contributed by atoms with Crippen LogP contribution in [0.2, 0.25) is 0 Å². The van der Waals surface area contributed by atoms with E-state index in [0.717, 1.165) is 55.9 Å². The number of nitrogens with zero attached hydrogens (tertiary/aromatic N) is 4. The molecule has 10 aromatic carbocycles. The number of aromatic nitrogens is 3. The summed E-state index contributed by atoms with van der Waals surface area (Å²) in [7, 11) is 0. The lowest BCUT2D eigenvalue weighted by Crippen LogP contribution is -2.16. The zero-order chi connectivity index (χ0) is 50.7. The van der Waals surface area contributed by atoms with E-state index in [4.69, 9.17) is 15.0 Å². The molecule has 1 heterocycles. The Morgan fingerprint density at radius 1 is 0.297 bits per heavy atom. The van der Waals surface area contributed by atoms with E-state index in [2.05, 4.69) is 265 Å². The molecule has 0 radical (unpaired) electrons. The molecule has 0 saturated carbocycles. The highest BCUT2D eigenvalue weighted by Crippen LogP contribution is 2.44. The fourth-order valence-corrected chi connectivity index (χ4v) is 11.0. The van der Waals surface area contributed by atoms with Gasteiger partial charge in [-0.05, 0) is 155 Å². The van der Waals surface area contributed by atoms with Gasteiger partial charge in [0.25, 0.3) is 0 Å². The highest BCUT2D eigenvalue weighted by atomic mass is 15.3. The highest BCUT2D eigenvalue weighted by Gasteiger charge is 2.27. The molecule has 0 N–H and O–H groups in total. The third kappa shape index (κ3) is 9.70. The van der Waals surface area contributed by atoms with Gasteiger partial charge in [0.05, 0.1) is 5.69 Å². The molecular formula is C70H58N4. The van der Waals surface area contributed by atoms with Gasteiger partial charge in [0.1, 0.15) is 0 Å². The molecule has 74 heavy (non-hydrogen) atoms. The Morgan fingerprint density at radius 3 is 1.11 bits per heavy atom. The summed E-state index contributed by atoms with van der Waals surface area (Å²) in [5.41, 5.74) is 24.3. The van der Waals surface area contributed by atoms with Gasteiger partial charge < -0.3 is 0 Å². The third-order valence-corrected chi connectivity index (χ3v) is 14.2. The Kier molecular flexibility index (Phi) is 13.2. The minimum absolute atomic E-state index is 0.0147. The number of rotatable bonds is 12. The molecule has 0 unspecified atom stereocenters. The van der Waals surface area contributed by atoms with Crippen LogP contribution in [0.15, 0.2) is 237 Å². The van der Waals surface area contributed by atoms with E-state index in [0.29, 0.717) is 17.6 Å². The van der Waals surface area contributed by atoms with Crippen molar-refractivity contribution in [3.05, 3.63) is 287 Å². The summed E-state index contributed by atoms with van der Waals surface area (Å²) in [6, 6.07) is 84.5. The molecule has 4 nitrogen and oxygen atoms in total. The number of aryl methyl sites for hydroxylation is 6. The van der Waals surface area contributed by atoms with Crippen molar-refractivity contribution in [2.75, 3.05) is 4.90 Å². The molecule has 0 aliphatic heterocycles. The highest BCUT2D eigenvalue weighted by molar-refractivity contribution is 5.86. The molecule has 358 valence electrons. The van der Waals surface area contributed by atoms with Crippen molar-refractivity contribution in [2.45, 2.75) is 47.5 Å². The Balaban J connectivity index is 1.12. The first-order valence-corrected chi connectivity index (χ1v) is 25.5. The summed E-state index contributed by atoms with van der Waals surface area (Å²) in [4.78, 5) is 18.3. The average Bonchev–Trinajstić information content (AvgIpc) is 3.43. The summed E-state index contributed by atoms with van der Waals surface area (Å²) >= 11 is 0. The standard InChI is InChI=1S/C70H58N4/c1-46-39-48(3)65(49(4)40-46)67(66-50(5)41-47(2)42-51(66)6)56-35-37-61(38-36-56)74(62-44-59(52-21-11-7-12-22-52)43-60(45-62)53-23-13-8-14-24-53)70-72-68(57-27-17-10-18-28-57)71-69(73-70)58-33-31-55(32-34-58)64-30-20-19-29-63(64)54-25-15-9-16-26-54/h7-45,67H,1-6H3. The van der Waals surface area contributed by atoms with Crippen LogP contribution >= 0.6 is 0 Å². The van der Waals surface area contributed by atoms with E-state index in [1.54, 1.807) is 0 Å². The van der Waals surface area contributed by atoms with Crippen LogP contribution in [0.5, 0.6) is 0 Å². The van der Waals surface area contributed by atoms with Gasteiger partial charge in [-0.2, -0.15) is 9.97 Å². The molecule has 0 aliphatic rings. The summed E-state index contributed by atoms with van der Waals surface area (Å²) in [5.74, 6) is 1.69. The lowest BCUT2D eigenvalue weighted by atomic mass is 9.77. The number of hydrogen-bond donors (Lipinski definition) is 0. The molecule has 1 aromatic heterocycles. The van der Waals surface area contributed by atoms with Gasteiger partial charge in [-0.3, -0.25) is 4.90 Å². The molecule has 0 aliphatic carbocycles. The van der Waals surface area contributed by atoms with Crippen molar-refractivity contribution < 1.29 is 0 Å². The van der Waals surface area contributed by atoms with Gasteiger partial charge in [-0.25, -0.2) is 4.98 Å². The zero-order valence-corrected chi connectivity index (χ0v) is 42.9. The molecule has 0 spiro atoms. The first kappa shape index (κ1) is 47.3. The van der Waals surface area contributed by atoms with Gasteiger partial charge in [-0.15, -0.1) is 0 Å². The smallest absolute Gasteiger partial charge is 0.238 e. The van der Waals surface area contributed by atoms with Crippen molar-refractivity contribution in [2.24, 2.45) is 0 Å². The lowest BCUT2D eigenvalue weighted by Gasteiger charge is -2.28. The van der Waals surface area contributed by atoms with Crippen LogP contribution < -0.4 is 4.90 Å². The van der Waals surface area contributed by atoms with Gasteiger partial charge in [0.15, 0.2) is 11.6 Å². The van der Waals surface area contributed by atoms with Gasteiger partial charge in [0.2, 0.25) is 5.95 Å². The van der Waals surface area contributed by atoms with Crippen LogP contribution in [-0.2, 0) is 0 Å². The molecule has 11 aromatic rings. The van der Waals surface area contributed by atoms with Gasteiger partial charge >= 0.3 is 0 Å². The van der Waals surface area contributed by atoms with Crippen molar-refractivity contribution in [1.29, 1.82) is 0 Å². The fourth-order valence-electron chi connectivity index (χ4n) is 11.0. The van der Waals surface area contributed by atoms with E-state index in [1.807, 2.05) is 18.2 Å². The minimum Gasteiger partial charge on any atom is -0.279 e. The van der Waals surface area contributed by atoms with E-state index >= 15 is 0 Å². The maximum atomic E-state index is 5.47. The van der Waals surface area contributed by atoms with E-state index in [-0.39, 0.29) is 5.92 Å². The maximum absolute atomic E-state index is 5.47. The third-order valence-electron chi connectivity index (χ3n) is 14.2. The van der Waals surface area contributed by atoms with Crippen molar-refractivity contribution in [3.63, 3.8) is 0 Å². The summed E-state index contributed by atoms with van der Waals surface area (Å²) in [6.45, 7) is 13.4. The van der Waals surface area contributed by atoms with Crippen LogP contribution in [0.4, 0.5) is 17.3 Å². The Labute approximate surface area is 436 Å². The normalized spacial score (nSPS) is 11.2. The van der Waals surface area contributed by atoms with Crippen LogP contribution in [0.1, 0.15) is 56.0 Å². The quantitative estimate of drug-likeness (QED) is 0.114. The Morgan fingerprint density at radius 2 is 0.662 bits per heavy atom. The summed E-state index contributed by atoms with van der Waals surface area (Å²) in [5, 5.41) is 0. The molecule has 0 saturated heterocycles. The van der Waals surface area contributed by atoms with Crippen molar-refractivity contribution in [3.8, 4) is 67.3 Å². The van der Waals surface area contributed by atoms with Gasteiger partial charge in [0, 0.05) is 22.7 Å². The Bertz CT molecular complexity index is 3590. The van der Waals surface area contributed by atoms with Crippen LogP contribution in [-0.4, -0.2) is 15.0 Å². The largest absolute Gasteiger partial charge is 0.279 e. The predicted molar refractivity (Wildman–Crippen MR) is 309 cm³/mol. The molecule has 4 heteroatoms. The fraction of sp³-hybridized carbons (Fsp3) is 0.100. The first-order valence-electron chi connectivity index (χ1n) is 25.5. The van der Waals surface area contributed by atoms with Crippen molar-refractivity contribution in [1.82, 2.24) is 15.0 Å². The lowest BCUT2D eigenvalue weighted by molar-refractivity contribution is 0.919. The second-order valence-corrected chi connectivity index (χ2v) is 19.6. The molecule has 11 rings (SSSR count). The number of anilines is 3.